The van der Waals surface area contributed by atoms with Gasteiger partial charge in [-0.3, -0.25) is 14.7 Å². The first-order chi connectivity index (χ1) is 13.2. The maximum absolute atomic E-state index is 13.7. The summed E-state index contributed by atoms with van der Waals surface area (Å²) in [6, 6.07) is 16.8. The van der Waals surface area contributed by atoms with Gasteiger partial charge in [-0.2, -0.15) is 0 Å². The number of nitrogens with zero attached hydrogens (tertiary/aromatic N) is 2. The van der Waals surface area contributed by atoms with Crippen LogP contribution in [-0.4, -0.2) is 21.4 Å². The topological polar surface area (TPSA) is 61.0 Å². The zero-order valence-electron chi connectivity index (χ0n) is 14.9. The molecule has 5 nitrogen and oxygen atoms in total. The van der Waals surface area contributed by atoms with Crippen molar-refractivity contribution in [3.8, 4) is 0 Å². The quantitative estimate of drug-likeness (QED) is 0.730. The molecule has 2 heterocycles. The van der Waals surface area contributed by atoms with E-state index in [1.165, 1.54) is 11.6 Å². The molecule has 0 atom stereocenters. The third kappa shape index (κ3) is 4.06. The molecule has 0 fully saturated rings. The lowest BCUT2D eigenvalue weighted by Crippen LogP contribution is -2.35. The average molecular weight is 364 g/mol. The molecular formula is C21H21FN4O. The van der Waals surface area contributed by atoms with Gasteiger partial charge in [-0.15, -0.1) is 0 Å². The molecule has 27 heavy (non-hydrogen) atoms. The van der Waals surface area contributed by atoms with Gasteiger partial charge in [-0.1, -0.05) is 48.5 Å². The second kappa shape index (κ2) is 7.72. The minimum Gasteiger partial charge on any atom is -0.352 e. The molecule has 0 spiro atoms. The van der Waals surface area contributed by atoms with Crippen molar-refractivity contribution in [1.29, 1.82) is 0 Å². The minimum atomic E-state index is -0.276. The second-order valence-electron chi connectivity index (χ2n) is 6.73. The van der Waals surface area contributed by atoms with Crippen LogP contribution in [0.2, 0.25) is 0 Å². The van der Waals surface area contributed by atoms with Crippen LogP contribution in [0.15, 0.2) is 59.4 Å². The second-order valence-corrected chi connectivity index (χ2v) is 6.73. The third-order valence-electron chi connectivity index (χ3n) is 4.80. The number of benzene rings is 2. The largest absolute Gasteiger partial charge is 0.352 e. The number of hydrogen-bond donors (Lipinski definition) is 2. The van der Waals surface area contributed by atoms with Crippen LogP contribution >= 0.6 is 0 Å². The molecule has 0 unspecified atom stereocenters. The maximum Gasteiger partial charge on any atom is 0.257 e. The van der Waals surface area contributed by atoms with Crippen LogP contribution in [0.5, 0.6) is 0 Å². The summed E-state index contributed by atoms with van der Waals surface area (Å²) in [6.45, 7) is 2.52. The van der Waals surface area contributed by atoms with Crippen molar-refractivity contribution in [2.75, 3.05) is 11.9 Å². The summed E-state index contributed by atoms with van der Waals surface area (Å²) >= 11 is 0. The van der Waals surface area contributed by atoms with E-state index in [9.17, 15) is 9.18 Å². The van der Waals surface area contributed by atoms with E-state index in [1.54, 1.807) is 18.2 Å². The molecule has 0 radical (unpaired) electrons. The van der Waals surface area contributed by atoms with Gasteiger partial charge in [0.25, 0.3) is 5.56 Å². The van der Waals surface area contributed by atoms with E-state index in [4.69, 9.17) is 0 Å². The van der Waals surface area contributed by atoms with E-state index in [1.807, 2.05) is 18.2 Å². The van der Waals surface area contributed by atoms with E-state index in [-0.39, 0.29) is 17.9 Å². The number of aromatic amines is 1. The van der Waals surface area contributed by atoms with Gasteiger partial charge in [0, 0.05) is 38.2 Å². The van der Waals surface area contributed by atoms with Gasteiger partial charge in [0.2, 0.25) is 5.95 Å². The predicted molar refractivity (Wildman–Crippen MR) is 103 cm³/mol. The Morgan fingerprint density at radius 1 is 1.11 bits per heavy atom. The normalized spacial score (nSPS) is 14.0. The van der Waals surface area contributed by atoms with Gasteiger partial charge in [0.15, 0.2) is 0 Å². The molecule has 6 heteroatoms. The monoisotopic (exact) mass is 364 g/mol. The van der Waals surface area contributed by atoms with Crippen molar-refractivity contribution in [2.24, 2.45) is 0 Å². The van der Waals surface area contributed by atoms with Crippen molar-refractivity contribution in [3.63, 3.8) is 0 Å². The van der Waals surface area contributed by atoms with Crippen LogP contribution in [0.4, 0.5) is 10.3 Å². The number of fused-ring (bicyclic) bond motifs is 1. The lowest BCUT2D eigenvalue weighted by atomic mass is 10.1. The maximum atomic E-state index is 13.7. The molecule has 1 aliphatic rings. The number of halogens is 1. The molecule has 0 aliphatic carbocycles. The van der Waals surface area contributed by atoms with Crippen LogP contribution < -0.4 is 10.9 Å². The number of H-pyrrole nitrogens is 1. The average Bonchev–Trinajstić information content (AvgIpc) is 2.69. The van der Waals surface area contributed by atoms with Crippen molar-refractivity contribution in [1.82, 2.24) is 14.9 Å². The predicted octanol–water partition coefficient (Wildman–Crippen LogP) is 3.08. The Kier molecular flexibility index (Phi) is 4.98. The Labute approximate surface area is 156 Å². The molecule has 138 valence electrons. The van der Waals surface area contributed by atoms with Crippen LogP contribution in [0.1, 0.15) is 22.4 Å². The molecule has 0 bridgehead atoms. The highest BCUT2D eigenvalue weighted by Crippen LogP contribution is 2.17. The fourth-order valence-electron chi connectivity index (χ4n) is 3.36. The summed E-state index contributed by atoms with van der Waals surface area (Å²) < 4.78 is 13.7. The smallest absolute Gasteiger partial charge is 0.257 e. The van der Waals surface area contributed by atoms with E-state index < -0.39 is 0 Å². The summed E-state index contributed by atoms with van der Waals surface area (Å²) in [5.74, 6) is 0.111. The zero-order valence-corrected chi connectivity index (χ0v) is 14.9. The van der Waals surface area contributed by atoms with Gasteiger partial charge in [-0.05, 0) is 11.6 Å². The Bertz CT molecular complexity index is 987. The number of hydrogen-bond acceptors (Lipinski definition) is 4. The van der Waals surface area contributed by atoms with Gasteiger partial charge < -0.3 is 5.32 Å². The molecule has 1 aliphatic heterocycles. The Morgan fingerprint density at radius 3 is 2.70 bits per heavy atom. The van der Waals surface area contributed by atoms with Gasteiger partial charge >= 0.3 is 0 Å². The highest BCUT2D eigenvalue weighted by molar-refractivity contribution is 5.33. The first-order valence-electron chi connectivity index (χ1n) is 9.04. The van der Waals surface area contributed by atoms with Crippen LogP contribution in [0.3, 0.4) is 0 Å². The lowest BCUT2D eigenvalue weighted by molar-refractivity contribution is 0.242. The van der Waals surface area contributed by atoms with Crippen LogP contribution in [0.25, 0.3) is 0 Å². The first-order valence-corrected chi connectivity index (χ1v) is 9.04. The standard InChI is InChI=1S/C21H21FN4O/c22-18-9-5-4-8-16(18)12-23-21-24-19-10-11-26(14-17(19)20(27)25-21)13-15-6-2-1-3-7-15/h1-9H,10-14H2,(H2,23,24,25,27). The summed E-state index contributed by atoms with van der Waals surface area (Å²) in [5, 5.41) is 3.02. The van der Waals surface area contributed by atoms with Gasteiger partial charge in [-0.25, -0.2) is 9.37 Å². The van der Waals surface area contributed by atoms with Crippen molar-refractivity contribution < 1.29 is 4.39 Å². The minimum absolute atomic E-state index is 0.131. The molecule has 4 rings (SSSR count). The molecule has 0 saturated heterocycles. The first kappa shape index (κ1) is 17.4. The van der Waals surface area contributed by atoms with E-state index in [0.717, 1.165) is 25.2 Å². The number of nitrogens with one attached hydrogen (secondary N) is 2. The molecule has 2 aromatic carbocycles. The van der Waals surface area contributed by atoms with Gasteiger partial charge in [0.05, 0.1) is 11.3 Å². The number of anilines is 1. The van der Waals surface area contributed by atoms with Crippen molar-refractivity contribution in [3.05, 3.63) is 93.2 Å². The van der Waals surface area contributed by atoms with E-state index >= 15 is 0 Å². The fourth-order valence-corrected chi connectivity index (χ4v) is 3.36. The molecular weight excluding hydrogens is 343 g/mol. The molecule has 0 amide bonds. The summed E-state index contributed by atoms with van der Waals surface area (Å²) in [6.07, 6.45) is 0.723. The molecule has 0 saturated carbocycles. The van der Waals surface area contributed by atoms with Crippen LogP contribution in [-0.2, 0) is 26.1 Å². The Morgan fingerprint density at radius 2 is 1.89 bits per heavy atom. The highest BCUT2D eigenvalue weighted by atomic mass is 19.1. The van der Waals surface area contributed by atoms with Crippen LogP contribution in [0, 0.1) is 5.82 Å². The Hall–Kier alpha value is -2.99. The van der Waals surface area contributed by atoms with E-state index in [2.05, 4.69) is 32.3 Å². The van der Waals surface area contributed by atoms with Crippen molar-refractivity contribution in [2.45, 2.75) is 26.1 Å². The van der Waals surface area contributed by atoms with Gasteiger partial charge in [0.1, 0.15) is 5.82 Å². The lowest BCUT2D eigenvalue weighted by Gasteiger charge is -2.27. The number of rotatable bonds is 5. The number of aromatic nitrogens is 2. The summed E-state index contributed by atoms with van der Waals surface area (Å²) in [4.78, 5) is 22.1. The fraction of sp³-hybridized carbons (Fsp3) is 0.238. The van der Waals surface area contributed by atoms with E-state index in [0.29, 0.717) is 23.6 Å². The molecule has 1 aromatic heterocycles. The zero-order chi connectivity index (χ0) is 18.6. The SMILES string of the molecule is O=c1[nH]c(NCc2ccccc2F)nc2c1CN(Cc1ccccc1)CC2. The Balaban J connectivity index is 1.46. The molecule has 2 N–H and O–H groups in total. The third-order valence-corrected chi connectivity index (χ3v) is 4.80. The molecule has 3 aromatic rings. The summed E-state index contributed by atoms with van der Waals surface area (Å²) in [7, 11) is 0. The highest BCUT2D eigenvalue weighted by Gasteiger charge is 2.21. The van der Waals surface area contributed by atoms with Crippen molar-refractivity contribution >= 4 is 5.95 Å². The summed E-state index contributed by atoms with van der Waals surface area (Å²) in [5.41, 5.74) is 3.17.